The van der Waals surface area contributed by atoms with Gasteiger partial charge in [-0.25, -0.2) is 0 Å². The van der Waals surface area contributed by atoms with Crippen molar-refractivity contribution in [1.82, 2.24) is 10.3 Å². The summed E-state index contributed by atoms with van der Waals surface area (Å²) in [7, 11) is 1.92. The first kappa shape index (κ1) is 15.0. The van der Waals surface area contributed by atoms with Crippen molar-refractivity contribution in [3.8, 4) is 11.5 Å². The van der Waals surface area contributed by atoms with Crippen LogP contribution in [0.3, 0.4) is 0 Å². The van der Waals surface area contributed by atoms with Crippen LogP contribution in [0.25, 0.3) is 0 Å². The first-order valence-corrected chi connectivity index (χ1v) is 7.46. The van der Waals surface area contributed by atoms with Crippen LogP contribution in [0.5, 0.6) is 11.5 Å². The summed E-state index contributed by atoms with van der Waals surface area (Å²) in [6.07, 6.45) is 3.54. The van der Waals surface area contributed by atoms with Crippen LogP contribution >= 0.6 is 15.9 Å². The summed E-state index contributed by atoms with van der Waals surface area (Å²) < 4.78 is 7.15. The van der Waals surface area contributed by atoms with E-state index in [1.165, 1.54) is 5.56 Å². The van der Waals surface area contributed by atoms with Gasteiger partial charge in [0.15, 0.2) is 0 Å². The van der Waals surface area contributed by atoms with E-state index in [0.29, 0.717) is 5.92 Å². The molecule has 2 rings (SSSR count). The molecule has 0 aliphatic carbocycles. The van der Waals surface area contributed by atoms with Gasteiger partial charge in [-0.3, -0.25) is 4.98 Å². The van der Waals surface area contributed by atoms with Crippen molar-refractivity contribution in [2.45, 2.75) is 26.3 Å². The number of aromatic nitrogens is 1. The molecule has 0 saturated carbocycles. The molecule has 3 nitrogen and oxygen atoms in total. The molecule has 1 heterocycles. The molecule has 1 aromatic carbocycles. The largest absolute Gasteiger partial charge is 0.455 e. The average molecular weight is 335 g/mol. The molecule has 0 amide bonds. The number of benzene rings is 1. The molecular weight excluding hydrogens is 316 g/mol. The Labute approximate surface area is 128 Å². The lowest BCUT2D eigenvalue weighted by Crippen LogP contribution is -2.07. The number of hydrogen-bond acceptors (Lipinski definition) is 3. The lowest BCUT2D eigenvalue weighted by molar-refractivity contribution is 0.463. The summed E-state index contributed by atoms with van der Waals surface area (Å²) in [5.41, 5.74) is 2.28. The van der Waals surface area contributed by atoms with Crippen molar-refractivity contribution in [2.24, 2.45) is 0 Å². The third kappa shape index (κ3) is 3.58. The Balaban J connectivity index is 2.35. The number of nitrogens with zero attached hydrogens (tertiary/aromatic N) is 1. The summed E-state index contributed by atoms with van der Waals surface area (Å²) in [6, 6.07) is 8.07. The van der Waals surface area contributed by atoms with Gasteiger partial charge < -0.3 is 10.1 Å². The average Bonchev–Trinajstić information content (AvgIpc) is 2.43. The van der Waals surface area contributed by atoms with E-state index in [4.69, 9.17) is 4.74 Å². The number of nitrogens with one attached hydrogen (secondary N) is 1. The van der Waals surface area contributed by atoms with E-state index in [9.17, 15) is 0 Å². The van der Waals surface area contributed by atoms with E-state index < -0.39 is 0 Å². The fraction of sp³-hybridized carbons (Fsp3) is 0.312. The number of halogens is 1. The van der Waals surface area contributed by atoms with Gasteiger partial charge in [0.2, 0.25) is 0 Å². The van der Waals surface area contributed by atoms with E-state index in [1.54, 1.807) is 12.4 Å². The van der Waals surface area contributed by atoms with Gasteiger partial charge in [0.1, 0.15) is 11.5 Å². The molecule has 0 radical (unpaired) electrons. The summed E-state index contributed by atoms with van der Waals surface area (Å²) in [5, 5.41) is 3.14. The smallest absolute Gasteiger partial charge is 0.150 e. The maximum Gasteiger partial charge on any atom is 0.150 e. The fourth-order valence-electron chi connectivity index (χ4n) is 2.02. The van der Waals surface area contributed by atoms with Crippen molar-refractivity contribution in [3.63, 3.8) is 0 Å². The van der Waals surface area contributed by atoms with Gasteiger partial charge in [0.05, 0.1) is 6.20 Å². The minimum atomic E-state index is 0.395. The lowest BCUT2D eigenvalue weighted by Gasteiger charge is -2.16. The van der Waals surface area contributed by atoms with Crippen LogP contribution in [0.2, 0.25) is 0 Å². The second-order valence-electron chi connectivity index (χ2n) is 4.95. The van der Waals surface area contributed by atoms with Crippen molar-refractivity contribution in [1.29, 1.82) is 0 Å². The predicted octanol–water partition coefficient (Wildman–Crippen LogP) is 4.48. The molecule has 4 heteroatoms. The highest BCUT2D eigenvalue weighted by Gasteiger charge is 2.11. The Kier molecular flexibility index (Phi) is 5.15. The Morgan fingerprint density at radius 2 is 2.05 bits per heavy atom. The number of pyridine rings is 1. The van der Waals surface area contributed by atoms with E-state index in [1.807, 2.05) is 25.2 Å². The van der Waals surface area contributed by atoms with Gasteiger partial charge in [-0.05, 0) is 42.8 Å². The van der Waals surface area contributed by atoms with Crippen LogP contribution in [0.15, 0.2) is 41.1 Å². The number of hydrogen-bond donors (Lipinski definition) is 1. The maximum atomic E-state index is 6.09. The van der Waals surface area contributed by atoms with Crippen molar-refractivity contribution >= 4 is 15.9 Å². The molecule has 0 spiro atoms. The zero-order valence-electron chi connectivity index (χ0n) is 12.0. The molecule has 0 unspecified atom stereocenters. The van der Waals surface area contributed by atoms with Crippen LogP contribution < -0.4 is 10.1 Å². The minimum absolute atomic E-state index is 0.395. The van der Waals surface area contributed by atoms with Gasteiger partial charge in [-0.1, -0.05) is 29.8 Å². The summed E-state index contributed by atoms with van der Waals surface area (Å²) in [5.74, 6) is 2.08. The first-order valence-electron chi connectivity index (χ1n) is 6.66. The van der Waals surface area contributed by atoms with Crippen LogP contribution in [0.1, 0.15) is 30.9 Å². The van der Waals surface area contributed by atoms with Crippen molar-refractivity contribution < 1.29 is 4.74 Å². The molecule has 0 bridgehead atoms. The second kappa shape index (κ2) is 6.86. The third-order valence-corrected chi connectivity index (χ3v) is 3.54. The summed E-state index contributed by atoms with van der Waals surface area (Å²) in [6.45, 7) is 5.07. The predicted molar refractivity (Wildman–Crippen MR) is 85.3 cm³/mol. The quantitative estimate of drug-likeness (QED) is 0.875. The molecule has 0 fully saturated rings. The highest BCUT2D eigenvalue weighted by molar-refractivity contribution is 9.10. The highest BCUT2D eigenvalue weighted by atomic mass is 79.9. The SMILES string of the molecule is CNCc1ccncc1Oc1ccc(Br)cc1C(C)C. The Morgan fingerprint density at radius 3 is 2.75 bits per heavy atom. The molecule has 1 N–H and O–H groups in total. The molecule has 106 valence electrons. The highest BCUT2D eigenvalue weighted by Crippen LogP contribution is 2.33. The molecule has 0 aliphatic heterocycles. The monoisotopic (exact) mass is 334 g/mol. The molecule has 20 heavy (non-hydrogen) atoms. The molecule has 2 aromatic rings. The number of ether oxygens (including phenoxy) is 1. The zero-order valence-corrected chi connectivity index (χ0v) is 13.6. The standard InChI is InChI=1S/C16H19BrN2O/c1-11(2)14-8-13(17)4-5-15(14)20-16-10-19-7-6-12(16)9-18-3/h4-8,10-11,18H,9H2,1-3H3. The zero-order chi connectivity index (χ0) is 14.5. The maximum absolute atomic E-state index is 6.09. The molecule has 0 atom stereocenters. The van der Waals surface area contributed by atoms with Gasteiger partial charge in [-0.15, -0.1) is 0 Å². The van der Waals surface area contributed by atoms with Crippen LogP contribution in [0, 0.1) is 0 Å². The molecule has 1 aromatic heterocycles. The minimum Gasteiger partial charge on any atom is -0.455 e. The van der Waals surface area contributed by atoms with Crippen molar-refractivity contribution in [3.05, 3.63) is 52.3 Å². The van der Waals surface area contributed by atoms with Gasteiger partial charge in [0, 0.05) is 22.8 Å². The van der Waals surface area contributed by atoms with E-state index in [0.717, 1.165) is 28.1 Å². The molecule has 0 aliphatic rings. The third-order valence-electron chi connectivity index (χ3n) is 3.05. The van der Waals surface area contributed by atoms with E-state index in [2.05, 4.69) is 46.1 Å². The van der Waals surface area contributed by atoms with E-state index in [-0.39, 0.29) is 0 Å². The topological polar surface area (TPSA) is 34.2 Å². The first-order chi connectivity index (χ1) is 9.61. The Bertz CT molecular complexity index is 584. The van der Waals surface area contributed by atoms with Crippen molar-refractivity contribution in [2.75, 3.05) is 7.05 Å². The van der Waals surface area contributed by atoms with E-state index >= 15 is 0 Å². The van der Waals surface area contributed by atoms with Crippen LogP contribution in [-0.2, 0) is 6.54 Å². The van der Waals surface area contributed by atoms with Crippen LogP contribution in [0.4, 0.5) is 0 Å². The lowest BCUT2D eigenvalue weighted by atomic mass is 10.0. The fourth-order valence-corrected chi connectivity index (χ4v) is 2.40. The number of rotatable bonds is 5. The van der Waals surface area contributed by atoms with Gasteiger partial charge in [-0.2, -0.15) is 0 Å². The molecular formula is C16H19BrN2O. The normalized spacial score (nSPS) is 10.8. The van der Waals surface area contributed by atoms with Crippen LogP contribution in [-0.4, -0.2) is 12.0 Å². The van der Waals surface area contributed by atoms with Gasteiger partial charge >= 0.3 is 0 Å². The summed E-state index contributed by atoms with van der Waals surface area (Å²) in [4.78, 5) is 4.15. The summed E-state index contributed by atoms with van der Waals surface area (Å²) >= 11 is 3.51. The Morgan fingerprint density at radius 1 is 1.25 bits per heavy atom. The van der Waals surface area contributed by atoms with Gasteiger partial charge in [0.25, 0.3) is 0 Å². The second-order valence-corrected chi connectivity index (χ2v) is 5.87. The Hall–Kier alpha value is -1.39. The molecule has 0 saturated heterocycles.